The molecule has 1 aliphatic heterocycles. The normalized spacial score (nSPS) is 18.0. The molecule has 1 aromatic carbocycles. The summed E-state index contributed by atoms with van der Waals surface area (Å²) in [4.78, 5) is 15.5. The van der Waals surface area contributed by atoms with Crippen LogP contribution in [0.2, 0.25) is 0 Å². The number of nitrogens with zero attached hydrogens (tertiary/aromatic N) is 3. The summed E-state index contributed by atoms with van der Waals surface area (Å²) in [7, 11) is 0. The monoisotopic (exact) mass is 414 g/mol. The number of ether oxygens (including phenoxy) is 1. The Bertz CT molecular complexity index is 885. The number of fused-ring (bicyclic) bond motifs is 1. The Morgan fingerprint density at radius 1 is 1.13 bits per heavy atom. The quantitative estimate of drug-likeness (QED) is 0.764. The van der Waals surface area contributed by atoms with Crippen LogP contribution >= 0.6 is 0 Å². The fraction of sp³-hybridized carbons (Fsp3) is 0.565. The molecule has 0 radical (unpaired) electrons. The number of amides is 1. The molecule has 7 heteroatoms. The van der Waals surface area contributed by atoms with Crippen LogP contribution in [-0.4, -0.2) is 59.0 Å². The van der Waals surface area contributed by atoms with Gasteiger partial charge in [0.15, 0.2) is 5.69 Å². The highest BCUT2D eigenvalue weighted by molar-refractivity contribution is 5.94. The first-order valence-corrected chi connectivity index (χ1v) is 10.9. The maximum Gasteiger partial charge on any atom is 0.272 e. The van der Waals surface area contributed by atoms with Gasteiger partial charge in [0.05, 0.1) is 18.9 Å². The van der Waals surface area contributed by atoms with Gasteiger partial charge in [-0.1, -0.05) is 6.42 Å². The Kier molecular flexibility index (Phi) is 6.20. The summed E-state index contributed by atoms with van der Waals surface area (Å²) in [6.07, 6.45) is 5.01. The minimum absolute atomic E-state index is 0.129. The minimum Gasteiger partial charge on any atom is -0.379 e. The van der Waals surface area contributed by atoms with E-state index in [1.165, 1.54) is 12.1 Å². The first-order chi connectivity index (χ1) is 14.5. The molecule has 6 nitrogen and oxygen atoms in total. The average Bonchev–Trinajstić information content (AvgIpc) is 2.94. The third-order valence-corrected chi connectivity index (χ3v) is 6.27. The molecule has 2 heterocycles. The number of hydrogen-bond acceptors (Lipinski definition) is 4. The number of nitrogens with one attached hydrogen (secondary N) is 1. The predicted molar refractivity (Wildman–Crippen MR) is 114 cm³/mol. The van der Waals surface area contributed by atoms with Crippen LogP contribution in [0.15, 0.2) is 24.3 Å². The van der Waals surface area contributed by atoms with Crippen molar-refractivity contribution < 1.29 is 13.9 Å². The van der Waals surface area contributed by atoms with E-state index in [-0.39, 0.29) is 17.3 Å². The minimum atomic E-state index is -0.277. The van der Waals surface area contributed by atoms with Crippen molar-refractivity contribution in [3.8, 4) is 5.69 Å². The van der Waals surface area contributed by atoms with E-state index in [0.717, 1.165) is 75.4 Å². The van der Waals surface area contributed by atoms with Crippen LogP contribution in [0.4, 0.5) is 4.39 Å². The number of hydrogen-bond donors (Lipinski definition) is 1. The summed E-state index contributed by atoms with van der Waals surface area (Å²) in [5, 5.41) is 7.82. The van der Waals surface area contributed by atoms with E-state index >= 15 is 0 Å². The van der Waals surface area contributed by atoms with Gasteiger partial charge in [-0.2, -0.15) is 5.10 Å². The number of aromatic nitrogens is 2. The molecule has 4 rings (SSSR count). The molecule has 0 spiro atoms. The van der Waals surface area contributed by atoms with Gasteiger partial charge >= 0.3 is 0 Å². The summed E-state index contributed by atoms with van der Waals surface area (Å²) in [5.41, 5.74) is 3.27. The van der Waals surface area contributed by atoms with Crippen LogP contribution in [0.1, 0.15) is 54.9 Å². The second kappa shape index (κ2) is 8.86. The van der Waals surface area contributed by atoms with Crippen molar-refractivity contribution in [1.29, 1.82) is 0 Å². The fourth-order valence-corrected chi connectivity index (χ4v) is 4.41. The first-order valence-electron chi connectivity index (χ1n) is 10.9. The molecule has 1 saturated heterocycles. The maximum atomic E-state index is 13.4. The Hall–Kier alpha value is -2.25. The van der Waals surface area contributed by atoms with Crippen molar-refractivity contribution in [3.05, 3.63) is 47.0 Å². The Morgan fingerprint density at radius 2 is 1.83 bits per heavy atom. The molecule has 1 fully saturated rings. The zero-order chi connectivity index (χ0) is 21.1. The topological polar surface area (TPSA) is 59.4 Å². The van der Waals surface area contributed by atoms with E-state index in [4.69, 9.17) is 9.84 Å². The molecular formula is C23H31FN4O2. The first kappa shape index (κ1) is 21.0. The zero-order valence-corrected chi connectivity index (χ0v) is 17.9. The largest absolute Gasteiger partial charge is 0.379 e. The van der Waals surface area contributed by atoms with Crippen molar-refractivity contribution in [2.45, 2.75) is 51.5 Å². The molecule has 0 atom stereocenters. The molecule has 1 N–H and O–H groups in total. The number of rotatable bonds is 5. The molecule has 2 aliphatic rings. The van der Waals surface area contributed by atoms with Crippen LogP contribution in [0.25, 0.3) is 5.69 Å². The number of halogens is 1. The van der Waals surface area contributed by atoms with Crippen LogP contribution in [0.5, 0.6) is 0 Å². The number of carbonyl (C=O) groups excluding carboxylic acids is 1. The Balaban J connectivity index is 1.57. The van der Waals surface area contributed by atoms with E-state index in [9.17, 15) is 9.18 Å². The molecule has 0 saturated carbocycles. The summed E-state index contributed by atoms with van der Waals surface area (Å²) in [6.45, 7) is 8.05. The molecule has 162 valence electrons. The SMILES string of the molecule is CC(C)(CNC(=O)c1nn(-c2ccc(F)cc2)c2c1CCCCC2)N1CCOCC1. The Morgan fingerprint density at radius 3 is 2.57 bits per heavy atom. The van der Waals surface area contributed by atoms with Crippen molar-refractivity contribution in [1.82, 2.24) is 20.0 Å². The Labute approximate surface area is 177 Å². The van der Waals surface area contributed by atoms with Crippen molar-refractivity contribution >= 4 is 5.91 Å². The maximum absolute atomic E-state index is 13.4. The van der Waals surface area contributed by atoms with Crippen LogP contribution < -0.4 is 5.32 Å². The van der Waals surface area contributed by atoms with Crippen molar-refractivity contribution in [2.75, 3.05) is 32.8 Å². The lowest BCUT2D eigenvalue weighted by Crippen LogP contribution is -2.55. The molecular weight excluding hydrogens is 383 g/mol. The van der Waals surface area contributed by atoms with Crippen LogP contribution in [-0.2, 0) is 17.6 Å². The second-order valence-corrected chi connectivity index (χ2v) is 8.82. The van der Waals surface area contributed by atoms with Gasteiger partial charge in [0.2, 0.25) is 0 Å². The third-order valence-electron chi connectivity index (χ3n) is 6.27. The molecule has 1 aromatic heterocycles. The van der Waals surface area contributed by atoms with E-state index in [1.807, 2.05) is 4.68 Å². The van der Waals surface area contributed by atoms with Gasteiger partial charge < -0.3 is 10.1 Å². The lowest BCUT2D eigenvalue weighted by molar-refractivity contribution is -0.00925. The van der Waals surface area contributed by atoms with Gasteiger partial charge in [-0.25, -0.2) is 9.07 Å². The summed E-state index contributed by atoms with van der Waals surface area (Å²) in [6, 6.07) is 6.31. The van der Waals surface area contributed by atoms with E-state index in [2.05, 4.69) is 24.1 Å². The van der Waals surface area contributed by atoms with E-state index < -0.39 is 0 Å². The number of carbonyl (C=O) groups is 1. The van der Waals surface area contributed by atoms with Crippen LogP contribution in [0.3, 0.4) is 0 Å². The molecule has 2 aromatic rings. The number of benzene rings is 1. The molecule has 0 bridgehead atoms. The smallest absolute Gasteiger partial charge is 0.272 e. The lowest BCUT2D eigenvalue weighted by atomic mass is 10.0. The van der Waals surface area contributed by atoms with Crippen LogP contribution in [0, 0.1) is 5.82 Å². The van der Waals surface area contributed by atoms with Gasteiger partial charge in [0.1, 0.15) is 5.82 Å². The van der Waals surface area contributed by atoms with Crippen molar-refractivity contribution in [2.24, 2.45) is 0 Å². The average molecular weight is 415 g/mol. The summed E-state index contributed by atoms with van der Waals surface area (Å²) in [5.74, 6) is -0.407. The lowest BCUT2D eigenvalue weighted by Gasteiger charge is -2.40. The summed E-state index contributed by atoms with van der Waals surface area (Å²) >= 11 is 0. The van der Waals surface area contributed by atoms with E-state index in [0.29, 0.717) is 12.2 Å². The van der Waals surface area contributed by atoms with Gasteiger partial charge in [-0.3, -0.25) is 9.69 Å². The standard InChI is InChI=1S/C23H31FN4O2/c1-23(2,27-12-14-30-15-13-27)16-25-22(29)21-19-6-4-3-5-7-20(19)28(26-21)18-10-8-17(24)9-11-18/h8-11H,3-7,12-16H2,1-2H3,(H,25,29). The molecule has 1 amide bonds. The zero-order valence-electron chi connectivity index (χ0n) is 17.9. The predicted octanol–water partition coefficient (Wildman–Crippen LogP) is 3.12. The van der Waals surface area contributed by atoms with Gasteiger partial charge in [0, 0.05) is 36.4 Å². The van der Waals surface area contributed by atoms with E-state index in [1.54, 1.807) is 12.1 Å². The molecule has 0 unspecified atom stereocenters. The highest BCUT2D eigenvalue weighted by atomic mass is 19.1. The van der Waals surface area contributed by atoms with Gasteiger partial charge in [-0.05, 0) is 63.8 Å². The summed E-state index contributed by atoms with van der Waals surface area (Å²) < 4.78 is 20.7. The van der Waals surface area contributed by atoms with Gasteiger partial charge in [-0.15, -0.1) is 0 Å². The molecule has 1 aliphatic carbocycles. The number of morpholine rings is 1. The second-order valence-electron chi connectivity index (χ2n) is 8.82. The highest BCUT2D eigenvalue weighted by Gasteiger charge is 2.30. The van der Waals surface area contributed by atoms with Gasteiger partial charge in [0.25, 0.3) is 5.91 Å². The fourth-order valence-electron chi connectivity index (χ4n) is 4.41. The highest BCUT2D eigenvalue weighted by Crippen LogP contribution is 2.27. The van der Waals surface area contributed by atoms with Crippen molar-refractivity contribution in [3.63, 3.8) is 0 Å². The molecule has 30 heavy (non-hydrogen) atoms. The third kappa shape index (κ3) is 4.42.